The van der Waals surface area contributed by atoms with Crippen LogP contribution in [0.15, 0.2) is 0 Å². The van der Waals surface area contributed by atoms with E-state index in [9.17, 15) is 0 Å². The molecule has 18 heavy (non-hydrogen) atoms. The number of aromatic nitrogens is 1. The molecule has 1 nitrogen and oxygen atoms in total. The maximum Gasteiger partial charge on any atom is 0.0442 e. The Morgan fingerprint density at radius 1 is 0.778 bits per heavy atom. The molecule has 2 aliphatic carbocycles. The second kappa shape index (κ2) is 5.03. The van der Waals surface area contributed by atoms with Crippen molar-refractivity contribution in [2.75, 3.05) is 0 Å². The van der Waals surface area contributed by atoms with Gasteiger partial charge in [0.1, 0.15) is 0 Å². The summed E-state index contributed by atoms with van der Waals surface area (Å²) >= 11 is 0. The molecule has 0 aliphatic heterocycles. The summed E-state index contributed by atoms with van der Waals surface area (Å²) in [7, 11) is 0. The maximum atomic E-state index is 4.91. The van der Waals surface area contributed by atoms with Crippen molar-refractivity contribution in [3.63, 3.8) is 0 Å². The van der Waals surface area contributed by atoms with E-state index in [-0.39, 0.29) is 0 Å². The molecule has 0 unspecified atom stereocenters. The minimum Gasteiger partial charge on any atom is -0.257 e. The van der Waals surface area contributed by atoms with Gasteiger partial charge in [-0.2, -0.15) is 0 Å². The fourth-order valence-electron chi connectivity index (χ4n) is 3.49. The monoisotopic (exact) mass is 245 g/mol. The summed E-state index contributed by atoms with van der Waals surface area (Å²) in [6.07, 6.45) is 7.59. The zero-order chi connectivity index (χ0) is 13.3. The van der Waals surface area contributed by atoms with Crippen molar-refractivity contribution in [1.82, 2.24) is 4.98 Å². The van der Waals surface area contributed by atoms with Crippen molar-refractivity contribution in [3.8, 4) is 0 Å². The first-order valence-corrected chi connectivity index (χ1v) is 7.61. The molecule has 0 atom stereocenters. The summed E-state index contributed by atoms with van der Waals surface area (Å²) in [6, 6.07) is 0. The van der Waals surface area contributed by atoms with Crippen molar-refractivity contribution in [2.24, 2.45) is 0 Å². The van der Waals surface area contributed by atoms with E-state index in [0.717, 1.165) is 0 Å². The molecule has 0 spiro atoms. The third kappa shape index (κ3) is 2.20. The minimum absolute atomic E-state index is 0.297. The van der Waals surface area contributed by atoms with E-state index in [1.807, 2.05) is 13.8 Å². The fourth-order valence-corrected chi connectivity index (χ4v) is 3.49. The van der Waals surface area contributed by atoms with E-state index >= 15 is 0 Å². The maximum absolute atomic E-state index is 4.91. The lowest BCUT2D eigenvalue weighted by Gasteiger charge is -2.26. The van der Waals surface area contributed by atoms with E-state index in [2.05, 4.69) is 20.8 Å². The molecule has 0 bridgehead atoms. The summed E-state index contributed by atoms with van der Waals surface area (Å²) in [5.41, 5.74) is 8.01. The number of aryl methyl sites for hydroxylation is 2. The lowest BCUT2D eigenvalue weighted by molar-refractivity contribution is 0.575. The van der Waals surface area contributed by atoms with Gasteiger partial charge in [0.15, 0.2) is 0 Å². The van der Waals surface area contributed by atoms with Crippen LogP contribution in [0.25, 0.3) is 0 Å². The van der Waals surface area contributed by atoms with Gasteiger partial charge in [-0.25, -0.2) is 0 Å². The molecule has 1 aromatic heterocycles. The summed E-state index contributed by atoms with van der Waals surface area (Å²) < 4.78 is 0. The molecular formula is C17H27N. The predicted octanol–water partition coefficient (Wildman–Crippen LogP) is 4.38. The van der Waals surface area contributed by atoms with Gasteiger partial charge in [0.05, 0.1) is 0 Å². The highest BCUT2D eigenvalue weighted by atomic mass is 14.7. The molecule has 0 saturated heterocycles. The third-order valence-corrected chi connectivity index (χ3v) is 4.00. The first kappa shape index (κ1) is 13.6. The van der Waals surface area contributed by atoms with Crippen molar-refractivity contribution in [3.05, 3.63) is 28.1 Å². The second-order valence-corrected chi connectivity index (χ2v) is 6.29. The standard InChI is InChI=1S/C15H21N.C2H6/c1-15(2,3)14-10-6-4-8-12(10)16-13-9-5-7-11(13)14;1-2/h4-9H2,1-3H3;1-2H3. The highest BCUT2D eigenvalue weighted by Crippen LogP contribution is 2.39. The number of nitrogens with zero attached hydrogens (tertiary/aromatic N) is 1. The van der Waals surface area contributed by atoms with E-state index in [4.69, 9.17) is 4.98 Å². The largest absolute Gasteiger partial charge is 0.257 e. The van der Waals surface area contributed by atoms with Crippen LogP contribution in [0.3, 0.4) is 0 Å². The van der Waals surface area contributed by atoms with Crippen molar-refractivity contribution in [2.45, 2.75) is 78.6 Å². The van der Waals surface area contributed by atoms with E-state index < -0.39 is 0 Å². The first-order valence-electron chi connectivity index (χ1n) is 7.61. The summed E-state index contributed by atoms with van der Waals surface area (Å²) in [5.74, 6) is 0. The lowest BCUT2D eigenvalue weighted by Crippen LogP contribution is -2.18. The molecule has 2 aliphatic rings. The Labute approximate surface area is 112 Å². The van der Waals surface area contributed by atoms with Crippen molar-refractivity contribution in [1.29, 1.82) is 0 Å². The van der Waals surface area contributed by atoms with Gasteiger partial charge in [-0.3, -0.25) is 4.98 Å². The van der Waals surface area contributed by atoms with Gasteiger partial charge in [0.25, 0.3) is 0 Å². The van der Waals surface area contributed by atoms with E-state index in [1.54, 1.807) is 16.7 Å². The first-order chi connectivity index (χ1) is 8.57. The van der Waals surface area contributed by atoms with Crippen LogP contribution < -0.4 is 0 Å². The van der Waals surface area contributed by atoms with Crippen LogP contribution in [-0.4, -0.2) is 4.98 Å². The minimum atomic E-state index is 0.297. The van der Waals surface area contributed by atoms with Crippen LogP contribution in [0.2, 0.25) is 0 Å². The van der Waals surface area contributed by atoms with Gasteiger partial charge in [-0.05, 0) is 60.6 Å². The summed E-state index contributed by atoms with van der Waals surface area (Å²) in [6.45, 7) is 11.1. The van der Waals surface area contributed by atoms with Crippen molar-refractivity contribution >= 4 is 0 Å². The molecule has 0 N–H and O–H groups in total. The number of pyridine rings is 1. The molecular weight excluding hydrogens is 218 g/mol. The van der Waals surface area contributed by atoms with Crippen molar-refractivity contribution < 1.29 is 0 Å². The van der Waals surface area contributed by atoms with Crippen LogP contribution in [0.1, 0.15) is 75.5 Å². The molecule has 100 valence electrons. The molecule has 0 amide bonds. The average molecular weight is 245 g/mol. The van der Waals surface area contributed by atoms with Gasteiger partial charge in [0.2, 0.25) is 0 Å². The Morgan fingerprint density at radius 3 is 1.61 bits per heavy atom. The molecule has 0 saturated carbocycles. The Kier molecular flexibility index (Phi) is 3.79. The third-order valence-electron chi connectivity index (χ3n) is 4.00. The summed E-state index contributed by atoms with van der Waals surface area (Å²) in [5, 5.41) is 0. The Bertz CT molecular complexity index is 406. The number of rotatable bonds is 0. The van der Waals surface area contributed by atoms with E-state index in [0.29, 0.717) is 5.41 Å². The van der Waals surface area contributed by atoms with Crippen LogP contribution in [-0.2, 0) is 31.1 Å². The highest BCUT2D eigenvalue weighted by molar-refractivity contribution is 5.48. The number of hydrogen-bond acceptors (Lipinski definition) is 1. The number of hydrogen-bond donors (Lipinski definition) is 0. The molecule has 0 fully saturated rings. The van der Waals surface area contributed by atoms with E-state index in [1.165, 1.54) is 49.9 Å². The van der Waals surface area contributed by atoms with Gasteiger partial charge >= 0.3 is 0 Å². The smallest absolute Gasteiger partial charge is 0.0442 e. The molecule has 0 aromatic carbocycles. The topological polar surface area (TPSA) is 12.9 Å². The second-order valence-electron chi connectivity index (χ2n) is 6.29. The predicted molar refractivity (Wildman–Crippen MR) is 78.3 cm³/mol. The van der Waals surface area contributed by atoms with Crippen LogP contribution >= 0.6 is 0 Å². The quantitative estimate of drug-likeness (QED) is 0.661. The zero-order valence-electron chi connectivity index (χ0n) is 12.7. The highest BCUT2D eigenvalue weighted by Gasteiger charge is 2.30. The van der Waals surface area contributed by atoms with Crippen LogP contribution in [0.5, 0.6) is 0 Å². The van der Waals surface area contributed by atoms with Crippen LogP contribution in [0.4, 0.5) is 0 Å². The molecule has 0 radical (unpaired) electrons. The Hall–Kier alpha value is -0.850. The molecule has 1 aromatic rings. The zero-order valence-corrected chi connectivity index (χ0v) is 12.7. The van der Waals surface area contributed by atoms with Crippen LogP contribution in [0, 0.1) is 0 Å². The van der Waals surface area contributed by atoms with Gasteiger partial charge in [-0.1, -0.05) is 34.6 Å². The molecule has 3 rings (SSSR count). The molecule has 1 heteroatoms. The van der Waals surface area contributed by atoms with Gasteiger partial charge < -0.3 is 0 Å². The van der Waals surface area contributed by atoms with Gasteiger partial charge in [-0.15, -0.1) is 0 Å². The lowest BCUT2D eigenvalue weighted by atomic mass is 9.80. The normalized spacial score (nSPS) is 16.9. The Balaban J connectivity index is 0.000000574. The summed E-state index contributed by atoms with van der Waals surface area (Å²) in [4.78, 5) is 4.91. The average Bonchev–Trinajstić information content (AvgIpc) is 2.93. The number of fused-ring (bicyclic) bond motifs is 2. The molecule has 1 heterocycles. The van der Waals surface area contributed by atoms with Gasteiger partial charge in [0, 0.05) is 11.4 Å². The SMILES string of the molecule is CC.CC(C)(C)c1c2c(nc3c1CCC3)CCC2. The fraction of sp³-hybridized carbons (Fsp3) is 0.706. The Morgan fingerprint density at radius 2 is 1.22 bits per heavy atom.